The Hall–Kier alpha value is -3.28. The summed E-state index contributed by atoms with van der Waals surface area (Å²) in [6.07, 6.45) is 2.02. The van der Waals surface area contributed by atoms with Crippen molar-refractivity contribution in [3.05, 3.63) is 82.9 Å². The van der Waals surface area contributed by atoms with Crippen LogP contribution < -0.4 is 10.6 Å². The van der Waals surface area contributed by atoms with Crippen LogP contribution in [0.15, 0.2) is 54.7 Å². The van der Waals surface area contributed by atoms with Crippen LogP contribution in [-0.2, 0) is 6.42 Å². The lowest BCUT2D eigenvalue weighted by molar-refractivity contribution is 0.102. The molecule has 5 nitrogen and oxygen atoms in total. The van der Waals surface area contributed by atoms with Gasteiger partial charge in [0.05, 0.1) is 0 Å². The molecule has 6 heteroatoms. The van der Waals surface area contributed by atoms with Crippen LogP contribution in [0, 0.1) is 19.7 Å². The van der Waals surface area contributed by atoms with Crippen molar-refractivity contribution >= 4 is 17.5 Å². The van der Waals surface area contributed by atoms with Gasteiger partial charge in [0.15, 0.2) is 0 Å². The summed E-state index contributed by atoms with van der Waals surface area (Å²) in [7, 11) is 0. The van der Waals surface area contributed by atoms with Crippen LogP contribution in [0.25, 0.3) is 0 Å². The number of halogens is 1. The molecule has 0 radical (unpaired) electrons. The summed E-state index contributed by atoms with van der Waals surface area (Å²) in [6.45, 7) is 4.37. The number of hydrogen-bond acceptors (Lipinski definition) is 4. The van der Waals surface area contributed by atoms with Gasteiger partial charge in [0.2, 0.25) is 5.95 Å². The summed E-state index contributed by atoms with van der Waals surface area (Å²) in [5.74, 6) is -0.204. The second-order valence-corrected chi connectivity index (χ2v) is 6.31. The maximum atomic E-state index is 13.6. The first-order valence-corrected chi connectivity index (χ1v) is 8.72. The fraction of sp³-hybridized carbons (Fsp3) is 0.190. The highest BCUT2D eigenvalue weighted by atomic mass is 19.1. The lowest BCUT2D eigenvalue weighted by Crippen LogP contribution is -2.16. The van der Waals surface area contributed by atoms with Crippen LogP contribution in [0.5, 0.6) is 0 Å². The molecule has 0 aliphatic rings. The van der Waals surface area contributed by atoms with Crippen molar-refractivity contribution in [2.75, 3.05) is 17.2 Å². The molecule has 0 fully saturated rings. The lowest BCUT2D eigenvalue weighted by atomic mass is 10.1. The number of nitrogens with zero attached hydrogens (tertiary/aromatic N) is 2. The van der Waals surface area contributed by atoms with E-state index < -0.39 is 0 Å². The van der Waals surface area contributed by atoms with E-state index >= 15 is 0 Å². The minimum Gasteiger partial charge on any atom is -0.354 e. The average Bonchev–Trinajstić information content (AvgIpc) is 2.66. The molecular weight excluding hydrogens is 343 g/mol. The molecule has 3 rings (SSSR count). The van der Waals surface area contributed by atoms with Crippen molar-refractivity contribution in [3.8, 4) is 0 Å². The number of benzene rings is 2. The second-order valence-electron chi connectivity index (χ2n) is 6.31. The Kier molecular flexibility index (Phi) is 5.76. The molecule has 138 valence electrons. The number of anilines is 2. The summed E-state index contributed by atoms with van der Waals surface area (Å²) < 4.78 is 13.6. The Labute approximate surface area is 157 Å². The average molecular weight is 364 g/mol. The van der Waals surface area contributed by atoms with Crippen LogP contribution in [-0.4, -0.2) is 22.4 Å². The summed E-state index contributed by atoms with van der Waals surface area (Å²) in [5.41, 5.74) is 3.68. The number of hydrogen-bond donors (Lipinski definition) is 2. The number of aryl methyl sites for hydroxylation is 2. The fourth-order valence-corrected chi connectivity index (χ4v) is 2.64. The predicted molar refractivity (Wildman–Crippen MR) is 104 cm³/mol. The highest BCUT2D eigenvalue weighted by Gasteiger charge is 2.11. The van der Waals surface area contributed by atoms with Gasteiger partial charge in [0.25, 0.3) is 5.91 Å². The first-order valence-electron chi connectivity index (χ1n) is 8.72. The summed E-state index contributed by atoms with van der Waals surface area (Å²) >= 11 is 0. The third-order valence-electron chi connectivity index (χ3n) is 4.16. The topological polar surface area (TPSA) is 66.9 Å². The molecule has 2 N–H and O–H groups in total. The lowest BCUT2D eigenvalue weighted by Gasteiger charge is -2.10. The fourth-order valence-electron chi connectivity index (χ4n) is 2.64. The van der Waals surface area contributed by atoms with Gasteiger partial charge in [0, 0.05) is 18.4 Å². The van der Waals surface area contributed by atoms with Gasteiger partial charge < -0.3 is 10.6 Å². The van der Waals surface area contributed by atoms with Crippen LogP contribution >= 0.6 is 0 Å². The van der Waals surface area contributed by atoms with Crippen molar-refractivity contribution in [2.45, 2.75) is 20.3 Å². The van der Waals surface area contributed by atoms with Crippen molar-refractivity contribution in [1.29, 1.82) is 0 Å². The Morgan fingerprint density at radius 3 is 2.74 bits per heavy atom. The zero-order chi connectivity index (χ0) is 19.2. The summed E-state index contributed by atoms with van der Waals surface area (Å²) in [5, 5.41) is 5.91. The Morgan fingerprint density at radius 2 is 1.93 bits per heavy atom. The molecule has 2 aromatic carbocycles. The Bertz CT molecular complexity index is 958. The van der Waals surface area contributed by atoms with Crippen LogP contribution in [0.1, 0.15) is 27.2 Å². The summed E-state index contributed by atoms with van der Waals surface area (Å²) in [6, 6.07) is 14.1. The van der Waals surface area contributed by atoms with Gasteiger partial charge in [-0.05, 0) is 55.2 Å². The molecule has 0 aliphatic carbocycles. The van der Waals surface area contributed by atoms with Crippen molar-refractivity contribution < 1.29 is 9.18 Å². The van der Waals surface area contributed by atoms with E-state index in [1.54, 1.807) is 24.3 Å². The number of rotatable bonds is 6. The van der Waals surface area contributed by atoms with E-state index in [1.807, 2.05) is 32.0 Å². The monoisotopic (exact) mass is 364 g/mol. The molecule has 3 aromatic rings. The van der Waals surface area contributed by atoms with Gasteiger partial charge >= 0.3 is 0 Å². The molecule has 0 saturated carbocycles. The van der Waals surface area contributed by atoms with E-state index in [1.165, 1.54) is 12.3 Å². The molecule has 0 aliphatic heterocycles. The molecule has 27 heavy (non-hydrogen) atoms. The summed E-state index contributed by atoms with van der Waals surface area (Å²) in [4.78, 5) is 20.9. The van der Waals surface area contributed by atoms with Crippen LogP contribution in [0.3, 0.4) is 0 Å². The van der Waals surface area contributed by atoms with E-state index in [0.29, 0.717) is 24.5 Å². The molecule has 0 bridgehead atoms. The quantitative estimate of drug-likeness (QED) is 0.690. The smallest absolute Gasteiger partial charge is 0.274 e. The number of aromatic nitrogens is 2. The molecule has 0 unspecified atom stereocenters. The molecule has 0 saturated heterocycles. The predicted octanol–water partition coefficient (Wildman–Crippen LogP) is 4.14. The zero-order valence-electron chi connectivity index (χ0n) is 15.3. The number of carbonyl (C=O) groups excluding carboxylic acids is 1. The Balaban J connectivity index is 1.63. The van der Waals surface area contributed by atoms with E-state index in [2.05, 4.69) is 20.6 Å². The molecule has 0 atom stereocenters. The van der Waals surface area contributed by atoms with Gasteiger partial charge in [-0.2, -0.15) is 0 Å². The first-order chi connectivity index (χ1) is 13.0. The molecule has 1 amide bonds. The number of carbonyl (C=O) groups is 1. The van der Waals surface area contributed by atoms with E-state index in [9.17, 15) is 9.18 Å². The van der Waals surface area contributed by atoms with Gasteiger partial charge in [0.1, 0.15) is 11.5 Å². The van der Waals surface area contributed by atoms with E-state index in [4.69, 9.17) is 0 Å². The van der Waals surface area contributed by atoms with Crippen molar-refractivity contribution in [2.24, 2.45) is 0 Å². The normalized spacial score (nSPS) is 10.5. The van der Waals surface area contributed by atoms with Crippen molar-refractivity contribution in [3.63, 3.8) is 0 Å². The maximum absolute atomic E-state index is 13.6. The van der Waals surface area contributed by atoms with Crippen LogP contribution in [0.4, 0.5) is 16.0 Å². The zero-order valence-corrected chi connectivity index (χ0v) is 15.3. The van der Waals surface area contributed by atoms with Gasteiger partial charge in [-0.3, -0.25) is 4.79 Å². The minimum absolute atomic E-state index is 0.234. The third-order valence-corrected chi connectivity index (χ3v) is 4.16. The highest BCUT2D eigenvalue weighted by molar-refractivity contribution is 6.03. The maximum Gasteiger partial charge on any atom is 0.274 e. The standard InChI is InChI=1S/C21H21FN4O/c1-14-7-8-15(2)19(13-14)25-20(27)18-10-12-24-21(26-18)23-11-9-16-5-3-4-6-17(16)22/h3-8,10,12-13H,9,11H2,1-2H3,(H,25,27)(H,23,24,26). The molecule has 1 heterocycles. The first kappa shape index (κ1) is 18.5. The third kappa shape index (κ3) is 4.88. The number of nitrogens with one attached hydrogen (secondary N) is 2. The largest absolute Gasteiger partial charge is 0.354 e. The molecule has 0 spiro atoms. The molecular formula is C21H21FN4O. The van der Waals surface area contributed by atoms with Gasteiger partial charge in [-0.1, -0.05) is 30.3 Å². The minimum atomic E-state index is -0.303. The Morgan fingerprint density at radius 1 is 1.11 bits per heavy atom. The second kappa shape index (κ2) is 8.40. The van der Waals surface area contributed by atoms with Crippen LogP contribution in [0.2, 0.25) is 0 Å². The van der Waals surface area contributed by atoms with E-state index in [0.717, 1.165) is 16.8 Å². The SMILES string of the molecule is Cc1ccc(C)c(NC(=O)c2ccnc(NCCc3ccccc3F)n2)c1. The van der Waals surface area contributed by atoms with E-state index in [-0.39, 0.29) is 17.4 Å². The number of amides is 1. The molecule has 1 aromatic heterocycles. The van der Waals surface area contributed by atoms with Crippen molar-refractivity contribution in [1.82, 2.24) is 9.97 Å². The highest BCUT2D eigenvalue weighted by Crippen LogP contribution is 2.17. The van der Waals surface area contributed by atoms with Gasteiger partial charge in [-0.15, -0.1) is 0 Å². The van der Waals surface area contributed by atoms with Gasteiger partial charge in [-0.25, -0.2) is 14.4 Å².